The van der Waals surface area contributed by atoms with Gasteiger partial charge in [-0.1, -0.05) is 53.5 Å². The van der Waals surface area contributed by atoms with Crippen molar-refractivity contribution < 1.29 is 9.59 Å². The molecule has 1 fully saturated rings. The van der Waals surface area contributed by atoms with E-state index in [-0.39, 0.29) is 24.3 Å². The normalized spacial score (nSPS) is 18.3. The number of benzene rings is 2. The van der Waals surface area contributed by atoms with E-state index in [0.717, 1.165) is 5.56 Å². The third kappa shape index (κ3) is 3.97. The summed E-state index contributed by atoms with van der Waals surface area (Å²) in [6, 6.07) is 14.6. The Kier molecular flexibility index (Phi) is 5.30. The lowest BCUT2D eigenvalue weighted by molar-refractivity contribution is -0.129. The summed E-state index contributed by atoms with van der Waals surface area (Å²) in [4.78, 5) is 26.6. The zero-order valence-electron chi connectivity index (χ0n) is 13.7. The first-order chi connectivity index (χ1) is 12.0. The highest BCUT2D eigenvalue weighted by Gasteiger charge is 2.37. The minimum atomic E-state index is -0.398. The van der Waals surface area contributed by atoms with E-state index >= 15 is 0 Å². The van der Waals surface area contributed by atoms with Crippen LogP contribution in [0.2, 0.25) is 10.0 Å². The van der Waals surface area contributed by atoms with Crippen LogP contribution in [0.5, 0.6) is 0 Å². The third-order valence-electron chi connectivity index (χ3n) is 4.47. The SMILES string of the molecule is C[C@@H](c1ccccc1)N1C[C@H](C(=O)Nc2ccc(Cl)cc2Cl)CC1=O. The van der Waals surface area contributed by atoms with E-state index in [2.05, 4.69) is 5.32 Å². The molecule has 2 aromatic rings. The third-order valence-corrected chi connectivity index (χ3v) is 5.02. The summed E-state index contributed by atoms with van der Waals surface area (Å²) in [5, 5.41) is 3.67. The minimum Gasteiger partial charge on any atom is -0.335 e. The number of nitrogens with one attached hydrogen (secondary N) is 1. The molecule has 2 amide bonds. The topological polar surface area (TPSA) is 49.4 Å². The van der Waals surface area contributed by atoms with Crippen molar-refractivity contribution in [2.45, 2.75) is 19.4 Å². The van der Waals surface area contributed by atoms with Crippen molar-refractivity contribution in [1.82, 2.24) is 4.90 Å². The molecule has 1 saturated heterocycles. The van der Waals surface area contributed by atoms with Crippen LogP contribution >= 0.6 is 23.2 Å². The first-order valence-electron chi connectivity index (χ1n) is 8.06. The van der Waals surface area contributed by atoms with Crippen molar-refractivity contribution in [3.63, 3.8) is 0 Å². The van der Waals surface area contributed by atoms with Gasteiger partial charge in [-0.2, -0.15) is 0 Å². The maximum atomic E-state index is 12.5. The number of nitrogens with zero attached hydrogens (tertiary/aromatic N) is 1. The van der Waals surface area contributed by atoms with Gasteiger partial charge < -0.3 is 10.2 Å². The number of hydrogen-bond acceptors (Lipinski definition) is 2. The van der Waals surface area contributed by atoms with E-state index in [1.165, 1.54) is 0 Å². The molecule has 130 valence electrons. The molecule has 0 aromatic heterocycles. The molecule has 25 heavy (non-hydrogen) atoms. The summed E-state index contributed by atoms with van der Waals surface area (Å²) in [6.45, 7) is 2.37. The average Bonchev–Trinajstić information content (AvgIpc) is 2.99. The number of halogens is 2. The molecule has 4 nitrogen and oxygen atoms in total. The predicted octanol–water partition coefficient (Wildman–Crippen LogP) is 4.54. The van der Waals surface area contributed by atoms with Crippen molar-refractivity contribution in [2.75, 3.05) is 11.9 Å². The lowest BCUT2D eigenvalue weighted by atomic mass is 10.1. The van der Waals surface area contributed by atoms with Gasteiger partial charge in [0.2, 0.25) is 11.8 Å². The summed E-state index contributed by atoms with van der Waals surface area (Å²) in [6.07, 6.45) is 0.203. The van der Waals surface area contributed by atoms with Crippen LogP contribution in [0.1, 0.15) is 24.9 Å². The number of hydrogen-bond donors (Lipinski definition) is 1. The molecule has 3 rings (SSSR count). The number of carbonyl (C=O) groups excluding carboxylic acids is 2. The van der Waals surface area contributed by atoms with Gasteiger partial charge in [-0.25, -0.2) is 0 Å². The fraction of sp³-hybridized carbons (Fsp3) is 0.263. The van der Waals surface area contributed by atoms with Crippen LogP contribution in [0, 0.1) is 5.92 Å². The van der Waals surface area contributed by atoms with E-state index in [1.807, 2.05) is 37.3 Å². The Balaban J connectivity index is 1.68. The minimum absolute atomic E-state index is 0.0151. The first-order valence-corrected chi connectivity index (χ1v) is 8.81. The lowest BCUT2D eigenvalue weighted by Gasteiger charge is -2.25. The molecule has 0 saturated carbocycles. The second-order valence-corrected chi connectivity index (χ2v) is 6.99. The molecule has 0 unspecified atom stereocenters. The first kappa shape index (κ1) is 17.8. The number of amides is 2. The van der Waals surface area contributed by atoms with E-state index in [0.29, 0.717) is 22.3 Å². The van der Waals surface area contributed by atoms with Crippen LogP contribution in [-0.4, -0.2) is 23.3 Å². The fourth-order valence-corrected chi connectivity index (χ4v) is 3.47. The predicted molar refractivity (Wildman–Crippen MR) is 99.8 cm³/mol. The summed E-state index contributed by atoms with van der Waals surface area (Å²) < 4.78 is 0. The van der Waals surface area contributed by atoms with Gasteiger partial charge in [-0.15, -0.1) is 0 Å². The van der Waals surface area contributed by atoms with Crippen LogP contribution in [0.3, 0.4) is 0 Å². The van der Waals surface area contributed by atoms with Crippen LogP contribution in [0.15, 0.2) is 48.5 Å². The molecule has 6 heteroatoms. The Morgan fingerprint density at radius 3 is 2.60 bits per heavy atom. The molecule has 1 heterocycles. The van der Waals surface area contributed by atoms with E-state index in [9.17, 15) is 9.59 Å². The molecule has 1 N–H and O–H groups in total. The van der Waals surface area contributed by atoms with Gasteiger partial charge in [-0.05, 0) is 30.7 Å². The monoisotopic (exact) mass is 376 g/mol. The van der Waals surface area contributed by atoms with Gasteiger partial charge in [0.1, 0.15) is 0 Å². The lowest BCUT2D eigenvalue weighted by Crippen LogP contribution is -2.30. The zero-order valence-corrected chi connectivity index (χ0v) is 15.2. The average molecular weight is 377 g/mol. The van der Waals surface area contributed by atoms with Crippen LogP contribution in [-0.2, 0) is 9.59 Å². The Hall–Kier alpha value is -2.04. The Morgan fingerprint density at radius 2 is 1.92 bits per heavy atom. The van der Waals surface area contributed by atoms with Gasteiger partial charge in [0.25, 0.3) is 0 Å². The molecule has 0 aliphatic carbocycles. The van der Waals surface area contributed by atoms with Crippen LogP contribution in [0.25, 0.3) is 0 Å². The molecule has 0 radical (unpaired) electrons. The van der Waals surface area contributed by atoms with Gasteiger partial charge >= 0.3 is 0 Å². The molecule has 2 aromatic carbocycles. The van der Waals surface area contributed by atoms with Crippen molar-refractivity contribution in [1.29, 1.82) is 0 Å². The molecule has 2 atom stereocenters. The largest absolute Gasteiger partial charge is 0.335 e. The van der Waals surface area contributed by atoms with Gasteiger partial charge in [0.05, 0.1) is 22.7 Å². The van der Waals surface area contributed by atoms with Crippen molar-refractivity contribution in [3.05, 3.63) is 64.1 Å². The number of anilines is 1. The van der Waals surface area contributed by atoms with Crippen LogP contribution < -0.4 is 5.32 Å². The van der Waals surface area contributed by atoms with Gasteiger partial charge in [-0.3, -0.25) is 9.59 Å². The van der Waals surface area contributed by atoms with Gasteiger partial charge in [0.15, 0.2) is 0 Å². The second kappa shape index (κ2) is 7.46. The van der Waals surface area contributed by atoms with Crippen molar-refractivity contribution in [2.24, 2.45) is 5.92 Å². The molecular weight excluding hydrogens is 359 g/mol. The molecule has 0 bridgehead atoms. The van der Waals surface area contributed by atoms with Crippen molar-refractivity contribution >= 4 is 40.7 Å². The summed E-state index contributed by atoms with van der Waals surface area (Å²) in [7, 11) is 0. The zero-order chi connectivity index (χ0) is 18.0. The number of rotatable bonds is 4. The van der Waals surface area contributed by atoms with Crippen LogP contribution in [0.4, 0.5) is 5.69 Å². The Labute approximate surface area is 156 Å². The highest BCUT2D eigenvalue weighted by molar-refractivity contribution is 6.36. The molecule has 0 spiro atoms. The number of carbonyl (C=O) groups is 2. The molecule has 1 aliphatic rings. The maximum absolute atomic E-state index is 12.5. The molecular formula is C19H18Cl2N2O2. The van der Waals surface area contributed by atoms with E-state index in [4.69, 9.17) is 23.2 Å². The highest BCUT2D eigenvalue weighted by Crippen LogP contribution is 2.30. The second-order valence-electron chi connectivity index (χ2n) is 6.15. The number of likely N-dealkylation sites (tertiary alicyclic amines) is 1. The van der Waals surface area contributed by atoms with Gasteiger partial charge in [0, 0.05) is 18.0 Å². The highest BCUT2D eigenvalue weighted by atomic mass is 35.5. The maximum Gasteiger partial charge on any atom is 0.229 e. The fourth-order valence-electron chi connectivity index (χ4n) is 3.02. The Bertz CT molecular complexity index is 795. The smallest absolute Gasteiger partial charge is 0.229 e. The quantitative estimate of drug-likeness (QED) is 0.851. The Morgan fingerprint density at radius 1 is 1.20 bits per heavy atom. The van der Waals surface area contributed by atoms with E-state index < -0.39 is 5.92 Å². The summed E-state index contributed by atoms with van der Waals surface area (Å²) in [5.41, 5.74) is 1.55. The van der Waals surface area contributed by atoms with E-state index in [1.54, 1.807) is 23.1 Å². The standard InChI is InChI=1S/C19H18Cl2N2O2/c1-12(13-5-3-2-4-6-13)23-11-14(9-18(23)24)19(25)22-17-8-7-15(20)10-16(17)21/h2-8,10,12,14H,9,11H2,1H3,(H,22,25)/t12-,14+/m0/s1. The molecule has 1 aliphatic heterocycles. The summed E-state index contributed by atoms with van der Waals surface area (Å²) >= 11 is 12.0. The van der Waals surface area contributed by atoms with Crippen molar-refractivity contribution in [3.8, 4) is 0 Å². The summed E-state index contributed by atoms with van der Waals surface area (Å²) in [5.74, 6) is -0.621.